The molecule has 2 nitrogen and oxygen atoms in total. The minimum Gasteiger partial charge on any atom is -0.299 e. The molecule has 0 saturated heterocycles. The van der Waals surface area contributed by atoms with E-state index < -0.39 is 0 Å². The summed E-state index contributed by atoms with van der Waals surface area (Å²) in [5.74, 6) is 0.114. The highest BCUT2D eigenvalue weighted by Gasteiger charge is 2.27. The molecule has 0 bridgehead atoms. The Morgan fingerprint density at radius 3 is 2.43 bits per heavy atom. The van der Waals surface area contributed by atoms with Crippen molar-refractivity contribution in [1.29, 1.82) is 0 Å². The lowest BCUT2D eigenvalue weighted by molar-refractivity contribution is -0.130. The maximum Gasteiger partial charge on any atom is 0.147 e. The van der Waals surface area contributed by atoms with Crippen molar-refractivity contribution in [3.8, 4) is 0 Å². The number of benzene rings is 1. The van der Waals surface area contributed by atoms with Gasteiger partial charge in [-0.3, -0.25) is 9.59 Å². The summed E-state index contributed by atoms with van der Waals surface area (Å²) in [5.41, 5.74) is 1.05. The van der Waals surface area contributed by atoms with Gasteiger partial charge in [-0.15, -0.1) is 0 Å². The quantitative estimate of drug-likeness (QED) is 0.632. The molecule has 1 aliphatic rings. The second-order valence-electron chi connectivity index (χ2n) is 3.68. The van der Waals surface area contributed by atoms with Gasteiger partial charge in [0.1, 0.15) is 11.6 Å². The fourth-order valence-corrected chi connectivity index (χ4v) is 1.91. The molecule has 0 aliphatic heterocycles. The van der Waals surface area contributed by atoms with Gasteiger partial charge in [-0.05, 0) is 12.0 Å². The van der Waals surface area contributed by atoms with Crippen LogP contribution in [0.4, 0.5) is 0 Å². The first-order valence-corrected chi connectivity index (χ1v) is 4.87. The van der Waals surface area contributed by atoms with Crippen LogP contribution in [0.5, 0.6) is 0 Å². The van der Waals surface area contributed by atoms with Gasteiger partial charge in [-0.25, -0.2) is 0 Å². The van der Waals surface area contributed by atoms with Gasteiger partial charge >= 0.3 is 0 Å². The van der Waals surface area contributed by atoms with Crippen LogP contribution in [0.3, 0.4) is 0 Å². The molecule has 1 unspecified atom stereocenters. The fraction of sp³-hybridized carbons (Fsp3) is 0.333. The molecule has 1 saturated carbocycles. The van der Waals surface area contributed by atoms with Crippen molar-refractivity contribution in [1.82, 2.24) is 0 Å². The lowest BCUT2D eigenvalue weighted by atomic mass is 9.82. The summed E-state index contributed by atoms with van der Waals surface area (Å²) in [7, 11) is 0. The Hall–Kier alpha value is -1.44. The SMILES string of the molecule is O=C1CCC(c2ccccc2)C(=O)C1. The Morgan fingerprint density at radius 1 is 1.07 bits per heavy atom. The monoisotopic (exact) mass is 188 g/mol. The predicted molar refractivity (Wildman–Crippen MR) is 53.0 cm³/mol. The topological polar surface area (TPSA) is 34.1 Å². The zero-order valence-electron chi connectivity index (χ0n) is 7.90. The fourth-order valence-electron chi connectivity index (χ4n) is 1.91. The Kier molecular flexibility index (Phi) is 2.44. The van der Waals surface area contributed by atoms with Gasteiger partial charge in [-0.1, -0.05) is 30.3 Å². The molecular formula is C12H12O2. The number of carbonyl (C=O) groups excluding carboxylic acids is 2. The highest BCUT2D eigenvalue weighted by atomic mass is 16.1. The van der Waals surface area contributed by atoms with Crippen molar-refractivity contribution < 1.29 is 9.59 Å². The maximum absolute atomic E-state index is 11.6. The van der Waals surface area contributed by atoms with Gasteiger partial charge in [0.25, 0.3) is 0 Å². The molecule has 0 N–H and O–H groups in total. The first-order chi connectivity index (χ1) is 6.77. The van der Waals surface area contributed by atoms with Crippen LogP contribution in [0.15, 0.2) is 30.3 Å². The van der Waals surface area contributed by atoms with E-state index in [1.54, 1.807) is 0 Å². The van der Waals surface area contributed by atoms with Crippen LogP contribution in [0, 0.1) is 0 Å². The molecule has 1 aromatic rings. The number of hydrogen-bond acceptors (Lipinski definition) is 2. The van der Waals surface area contributed by atoms with Crippen LogP contribution in [0.25, 0.3) is 0 Å². The summed E-state index contributed by atoms with van der Waals surface area (Å²) in [6.07, 6.45) is 1.35. The lowest BCUT2D eigenvalue weighted by Gasteiger charge is -2.19. The summed E-state index contributed by atoms with van der Waals surface area (Å²) in [6.45, 7) is 0. The van der Waals surface area contributed by atoms with Gasteiger partial charge in [-0.2, -0.15) is 0 Å². The Labute approximate surface area is 82.9 Å². The van der Waals surface area contributed by atoms with Gasteiger partial charge in [0.2, 0.25) is 0 Å². The lowest BCUT2D eigenvalue weighted by Crippen LogP contribution is -2.23. The van der Waals surface area contributed by atoms with Gasteiger partial charge in [0.05, 0.1) is 6.42 Å². The molecule has 2 rings (SSSR count). The molecule has 14 heavy (non-hydrogen) atoms. The van der Waals surface area contributed by atoms with E-state index >= 15 is 0 Å². The van der Waals surface area contributed by atoms with Crippen LogP contribution >= 0.6 is 0 Å². The smallest absolute Gasteiger partial charge is 0.147 e. The molecule has 0 aromatic heterocycles. The minimum atomic E-state index is -0.0473. The maximum atomic E-state index is 11.6. The van der Waals surface area contributed by atoms with Crippen LogP contribution in [0.2, 0.25) is 0 Å². The summed E-state index contributed by atoms with van der Waals surface area (Å²) < 4.78 is 0. The van der Waals surface area contributed by atoms with Crippen molar-refractivity contribution in [2.75, 3.05) is 0 Å². The third kappa shape index (κ3) is 1.74. The molecule has 0 spiro atoms. The van der Waals surface area contributed by atoms with Crippen molar-refractivity contribution in [3.05, 3.63) is 35.9 Å². The number of hydrogen-bond donors (Lipinski definition) is 0. The number of rotatable bonds is 1. The minimum absolute atomic E-state index is 0.0473. The van der Waals surface area contributed by atoms with E-state index in [-0.39, 0.29) is 23.9 Å². The number of Topliss-reactive ketones (excluding diaryl/α,β-unsaturated/α-hetero) is 2. The summed E-state index contributed by atoms with van der Waals surface area (Å²) >= 11 is 0. The molecular weight excluding hydrogens is 176 g/mol. The van der Waals surface area contributed by atoms with Crippen LogP contribution in [-0.2, 0) is 9.59 Å². The van der Waals surface area contributed by atoms with E-state index in [0.29, 0.717) is 12.8 Å². The first-order valence-electron chi connectivity index (χ1n) is 4.87. The Balaban J connectivity index is 2.20. The number of carbonyl (C=O) groups is 2. The van der Waals surface area contributed by atoms with E-state index in [1.807, 2.05) is 30.3 Å². The standard InChI is InChI=1S/C12H12O2/c13-10-6-7-11(12(14)8-10)9-4-2-1-3-5-9/h1-5,11H,6-8H2. The van der Waals surface area contributed by atoms with E-state index in [4.69, 9.17) is 0 Å². The third-order valence-corrected chi connectivity index (χ3v) is 2.67. The largest absolute Gasteiger partial charge is 0.299 e. The van der Waals surface area contributed by atoms with E-state index in [1.165, 1.54) is 0 Å². The summed E-state index contributed by atoms with van der Waals surface area (Å²) in [5, 5.41) is 0. The van der Waals surface area contributed by atoms with E-state index in [9.17, 15) is 9.59 Å². The average molecular weight is 188 g/mol. The molecule has 0 amide bonds. The molecule has 72 valence electrons. The molecule has 0 radical (unpaired) electrons. The highest BCUT2D eigenvalue weighted by molar-refractivity contribution is 6.04. The van der Waals surface area contributed by atoms with Crippen LogP contribution in [0.1, 0.15) is 30.7 Å². The molecule has 0 heterocycles. The molecule has 1 aliphatic carbocycles. The van der Waals surface area contributed by atoms with Gasteiger partial charge in [0.15, 0.2) is 0 Å². The zero-order valence-corrected chi connectivity index (χ0v) is 7.90. The Bertz CT molecular complexity index is 354. The van der Waals surface area contributed by atoms with Crippen molar-refractivity contribution in [2.45, 2.75) is 25.2 Å². The van der Waals surface area contributed by atoms with Gasteiger partial charge < -0.3 is 0 Å². The molecule has 1 atom stereocenters. The summed E-state index contributed by atoms with van der Waals surface area (Å²) in [6, 6.07) is 9.71. The van der Waals surface area contributed by atoms with Crippen LogP contribution in [-0.4, -0.2) is 11.6 Å². The predicted octanol–water partition coefficient (Wildman–Crippen LogP) is 2.09. The van der Waals surface area contributed by atoms with Crippen molar-refractivity contribution >= 4 is 11.6 Å². The second kappa shape index (κ2) is 3.74. The molecule has 2 heteroatoms. The highest BCUT2D eigenvalue weighted by Crippen LogP contribution is 2.27. The van der Waals surface area contributed by atoms with Crippen molar-refractivity contribution in [2.24, 2.45) is 0 Å². The second-order valence-corrected chi connectivity index (χ2v) is 3.68. The molecule has 1 aromatic carbocycles. The number of ketones is 2. The normalized spacial score (nSPS) is 22.4. The van der Waals surface area contributed by atoms with Gasteiger partial charge in [0, 0.05) is 12.3 Å². The van der Waals surface area contributed by atoms with E-state index in [2.05, 4.69) is 0 Å². The van der Waals surface area contributed by atoms with E-state index in [0.717, 1.165) is 5.56 Å². The Morgan fingerprint density at radius 2 is 1.79 bits per heavy atom. The molecule has 1 fully saturated rings. The first kappa shape index (κ1) is 9.13. The zero-order chi connectivity index (χ0) is 9.97. The van der Waals surface area contributed by atoms with Crippen LogP contribution < -0.4 is 0 Å². The van der Waals surface area contributed by atoms with Crippen molar-refractivity contribution in [3.63, 3.8) is 0 Å². The summed E-state index contributed by atoms with van der Waals surface area (Å²) in [4.78, 5) is 22.6. The third-order valence-electron chi connectivity index (χ3n) is 2.67. The average Bonchev–Trinajstić information content (AvgIpc) is 2.19.